The number of aromatic nitrogens is 4. The van der Waals surface area contributed by atoms with Crippen LogP contribution in [0.5, 0.6) is 0 Å². The summed E-state index contributed by atoms with van der Waals surface area (Å²) in [4.78, 5) is 25.4. The predicted molar refractivity (Wildman–Crippen MR) is 92.7 cm³/mol. The summed E-state index contributed by atoms with van der Waals surface area (Å²) in [5.74, 6) is 0.225. The summed E-state index contributed by atoms with van der Waals surface area (Å²) in [6, 6.07) is 5.44. The zero-order valence-corrected chi connectivity index (χ0v) is 14.2. The van der Waals surface area contributed by atoms with Gasteiger partial charge in [0, 0.05) is 31.0 Å². The van der Waals surface area contributed by atoms with Crippen LogP contribution in [0.15, 0.2) is 36.9 Å². The van der Waals surface area contributed by atoms with E-state index in [-0.39, 0.29) is 5.91 Å². The maximum absolute atomic E-state index is 12.4. The second kappa shape index (κ2) is 6.78. The highest BCUT2D eigenvalue weighted by molar-refractivity contribution is 5.97. The SMILES string of the molecule is Cc1nc2ccc(C(=O)NCC(C)Cn3ccnc3)cc2nc1C. The van der Waals surface area contributed by atoms with E-state index >= 15 is 0 Å². The lowest BCUT2D eigenvalue weighted by molar-refractivity contribution is 0.0947. The Balaban J connectivity index is 1.66. The van der Waals surface area contributed by atoms with Crippen LogP contribution in [0.2, 0.25) is 0 Å². The molecule has 2 heterocycles. The van der Waals surface area contributed by atoms with E-state index in [4.69, 9.17) is 0 Å². The van der Waals surface area contributed by atoms with Gasteiger partial charge in [-0.1, -0.05) is 6.92 Å². The average Bonchev–Trinajstić information content (AvgIpc) is 3.06. The summed E-state index contributed by atoms with van der Waals surface area (Å²) in [7, 11) is 0. The molecule has 6 heteroatoms. The number of nitrogens with zero attached hydrogens (tertiary/aromatic N) is 4. The standard InChI is InChI=1S/C18H21N5O/c1-12(10-23-7-6-19-11-23)9-20-18(24)15-4-5-16-17(8-15)22-14(3)13(2)21-16/h4-8,11-12H,9-10H2,1-3H3,(H,20,24). The van der Waals surface area contributed by atoms with Crippen LogP contribution in [0.25, 0.3) is 11.0 Å². The van der Waals surface area contributed by atoms with Crippen LogP contribution >= 0.6 is 0 Å². The fraction of sp³-hybridized carbons (Fsp3) is 0.333. The number of imidazole rings is 1. The van der Waals surface area contributed by atoms with Crippen molar-refractivity contribution in [3.8, 4) is 0 Å². The first-order valence-corrected chi connectivity index (χ1v) is 8.02. The van der Waals surface area contributed by atoms with Crippen molar-refractivity contribution >= 4 is 16.9 Å². The molecule has 0 aliphatic carbocycles. The molecule has 1 amide bonds. The maximum Gasteiger partial charge on any atom is 0.251 e. The quantitative estimate of drug-likeness (QED) is 0.783. The van der Waals surface area contributed by atoms with Crippen LogP contribution < -0.4 is 5.32 Å². The average molecular weight is 323 g/mol. The van der Waals surface area contributed by atoms with E-state index in [1.165, 1.54) is 0 Å². The summed E-state index contributed by atoms with van der Waals surface area (Å²) < 4.78 is 2.01. The van der Waals surface area contributed by atoms with Gasteiger partial charge in [0.1, 0.15) is 0 Å². The van der Waals surface area contributed by atoms with Gasteiger partial charge < -0.3 is 9.88 Å². The van der Waals surface area contributed by atoms with Gasteiger partial charge in [-0.2, -0.15) is 0 Å². The Hall–Kier alpha value is -2.76. The fourth-order valence-corrected chi connectivity index (χ4v) is 2.56. The number of amides is 1. The number of aryl methyl sites for hydroxylation is 2. The Bertz CT molecular complexity index is 857. The van der Waals surface area contributed by atoms with Crippen LogP contribution in [0.1, 0.15) is 28.7 Å². The van der Waals surface area contributed by atoms with Crippen LogP contribution in [0.3, 0.4) is 0 Å². The summed E-state index contributed by atoms with van der Waals surface area (Å²) in [5.41, 5.74) is 3.96. The molecule has 3 aromatic rings. The minimum atomic E-state index is -0.0885. The molecule has 0 bridgehead atoms. The van der Waals surface area contributed by atoms with E-state index in [0.717, 1.165) is 29.0 Å². The van der Waals surface area contributed by atoms with Crippen molar-refractivity contribution in [3.63, 3.8) is 0 Å². The van der Waals surface area contributed by atoms with Gasteiger partial charge >= 0.3 is 0 Å². The zero-order chi connectivity index (χ0) is 17.1. The molecule has 0 fully saturated rings. The third-order valence-electron chi connectivity index (χ3n) is 4.03. The first-order chi connectivity index (χ1) is 11.5. The summed E-state index contributed by atoms with van der Waals surface area (Å²) in [5, 5.41) is 2.98. The molecule has 0 radical (unpaired) electrons. The van der Waals surface area contributed by atoms with Crippen molar-refractivity contribution in [1.82, 2.24) is 24.8 Å². The summed E-state index contributed by atoms with van der Waals surface area (Å²) in [6.45, 7) is 7.38. The molecule has 1 atom stereocenters. The first kappa shape index (κ1) is 16.1. The first-order valence-electron chi connectivity index (χ1n) is 8.02. The molecule has 0 spiro atoms. The molecule has 0 aliphatic rings. The zero-order valence-electron chi connectivity index (χ0n) is 14.2. The number of carbonyl (C=O) groups is 1. The molecule has 124 valence electrons. The van der Waals surface area contributed by atoms with E-state index in [9.17, 15) is 4.79 Å². The summed E-state index contributed by atoms with van der Waals surface area (Å²) in [6.07, 6.45) is 5.46. The third kappa shape index (κ3) is 3.59. The molecule has 0 saturated heterocycles. The molecule has 6 nitrogen and oxygen atoms in total. The molecular formula is C18H21N5O. The summed E-state index contributed by atoms with van der Waals surface area (Å²) >= 11 is 0. The van der Waals surface area contributed by atoms with Gasteiger partial charge in [-0.15, -0.1) is 0 Å². The molecule has 3 rings (SSSR count). The Morgan fingerprint density at radius 2 is 1.96 bits per heavy atom. The fourth-order valence-electron chi connectivity index (χ4n) is 2.56. The number of hydrogen-bond acceptors (Lipinski definition) is 4. The molecule has 24 heavy (non-hydrogen) atoms. The third-order valence-corrected chi connectivity index (χ3v) is 4.03. The van der Waals surface area contributed by atoms with E-state index in [1.54, 1.807) is 24.7 Å². The second-order valence-electron chi connectivity index (χ2n) is 6.17. The Kier molecular flexibility index (Phi) is 4.55. The van der Waals surface area contributed by atoms with Crippen LogP contribution in [-0.2, 0) is 6.54 Å². The van der Waals surface area contributed by atoms with Crippen molar-refractivity contribution in [1.29, 1.82) is 0 Å². The normalized spacial score (nSPS) is 12.3. The number of benzene rings is 1. The van der Waals surface area contributed by atoms with Gasteiger partial charge in [0.05, 0.1) is 28.7 Å². The van der Waals surface area contributed by atoms with Gasteiger partial charge in [-0.25, -0.2) is 15.0 Å². The monoisotopic (exact) mass is 323 g/mol. The molecule has 2 aromatic heterocycles. The van der Waals surface area contributed by atoms with Gasteiger partial charge in [0.2, 0.25) is 0 Å². The van der Waals surface area contributed by atoms with E-state index in [2.05, 4.69) is 27.2 Å². The number of hydrogen-bond donors (Lipinski definition) is 1. The lowest BCUT2D eigenvalue weighted by Crippen LogP contribution is -2.29. The van der Waals surface area contributed by atoms with Crippen LogP contribution in [-0.4, -0.2) is 32.0 Å². The highest BCUT2D eigenvalue weighted by Crippen LogP contribution is 2.14. The van der Waals surface area contributed by atoms with E-state index in [0.29, 0.717) is 18.0 Å². The topological polar surface area (TPSA) is 72.7 Å². The minimum absolute atomic E-state index is 0.0885. The van der Waals surface area contributed by atoms with Gasteiger partial charge in [0.15, 0.2) is 0 Å². The van der Waals surface area contributed by atoms with Gasteiger partial charge in [-0.05, 0) is 38.0 Å². The van der Waals surface area contributed by atoms with Gasteiger partial charge in [-0.3, -0.25) is 4.79 Å². The highest BCUT2D eigenvalue weighted by Gasteiger charge is 2.10. The van der Waals surface area contributed by atoms with Crippen molar-refractivity contribution in [2.45, 2.75) is 27.3 Å². The van der Waals surface area contributed by atoms with Crippen molar-refractivity contribution in [2.24, 2.45) is 5.92 Å². The predicted octanol–water partition coefficient (Wildman–Crippen LogP) is 2.51. The van der Waals surface area contributed by atoms with E-state index in [1.807, 2.05) is 30.7 Å². The number of carbonyl (C=O) groups excluding carboxylic acids is 1. The number of rotatable bonds is 5. The van der Waals surface area contributed by atoms with Crippen LogP contribution in [0.4, 0.5) is 0 Å². The van der Waals surface area contributed by atoms with Crippen molar-refractivity contribution in [3.05, 3.63) is 53.9 Å². The molecule has 0 saturated carbocycles. The number of fused-ring (bicyclic) bond motifs is 1. The Morgan fingerprint density at radius 3 is 2.67 bits per heavy atom. The lowest BCUT2D eigenvalue weighted by atomic mass is 10.1. The Labute approximate surface area is 141 Å². The Morgan fingerprint density at radius 1 is 1.21 bits per heavy atom. The lowest BCUT2D eigenvalue weighted by Gasteiger charge is -2.13. The number of nitrogens with one attached hydrogen (secondary N) is 1. The van der Waals surface area contributed by atoms with Crippen molar-refractivity contribution < 1.29 is 4.79 Å². The highest BCUT2D eigenvalue weighted by atomic mass is 16.1. The molecule has 1 N–H and O–H groups in total. The minimum Gasteiger partial charge on any atom is -0.352 e. The molecule has 0 aliphatic heterocycles. The van der Waals surface area contributed by atoms with Gasteiger partial charge in [0.25, 0.3) is 5.91 Å². The maximum atomic E-state index is 12.4. The van der Waals surface area contributed by atoms with E-state index < -0.39 is 0 Å². The molecule has 1 aromatic carbocycles. The molecule has 1 unspecified atom stereocenters. The smallest absolute Gasteiger partial charge is 0.251 e. The van der Waals surface area contributed by atoms with Crippen LogP contribution in [0, 0.1) is 19.8 Å². The van der Waals surface area contributed by atoms with Crippen molar-refractivity contribution in [2.75, 3.05) is 6.54 Å². The largest absolute Gasteiger partial charge is 0.352 e. The second-order valence-corrected chi connectivity index (χ2v) is 6.17. The molecular weight excluding hydrogens is 302 g/mol.